The van der Waals surface area contributed by atoms with Crippen molar-refractivity contribution < 1.29 is 19.4 Å². The predicted molar refractivity (Wildman–Crippen MR) is 76.8 cm³/mol. The van der Waals surface area contributed by atoms with Gasteiger partial charge in [0.1, 0.15) is 5.82 Å². The van der Waals surface area contributed by atoms with Crippen LogP contribution in [0.5, 0.6) is 11.5 Å². The summed E-state index contributed by atoms with van der Waals surface area (Å²) in [4.78, 5) is 13.9. The van der Waals surface area contributed by atoms with Gasteiger partial charge in [0, 0.05) is 12.1 Å². The summed E-state index contributed by atoms with van der Waals surface area (Å²) in [6.07, 6.45) is 0. The van der Waals surface area contributed by atoms with E-state index in [1.165, 1.54) is 30.3 Å². The van der Waals surface area contributed by atoms with E-state index < -0.39 is 0 Å². The monoisotopic (exact) mass is 289 g/mol. The summed E-state index contributed by atoms with van der Waals surface area (Å²) in [5.74, 6) is -1.04. The number of carbonyl (C=O) groups is 1. The number of halogens is 1. The van der Waals surface area contributed by atoms with Gasteiger partial charge in [0.2, 0.25) is 0 Å². The maximum absolute atomic E-state index is 12.8. The van der Waals surface area contributed by atoms with Crippen molar-refractivity contribution in [3.8, 4) is 11.5 Å². The van der Waals surface area contributed by atoms with Gasteiger partial charge in [-0.25, -0.2) is 4.39 Å². The van der Waals surface area contributed by atoms with Crippen LogP contribution in [-0.4, -0.2) is 34.5 Å². The highest BCUT2D eigenvalue weighted by Gasteiger charge is 2.12. The molecule has 0 radical (unpaired) electrons. The number of hydrogen-bond donors (Lipinski definition) is 2. The van der Waals surface area contributed by atoms with Crippen LogP contribution in [0.2, 0.25) is 0 Å². The normalized spacial score (nSPS) is 10.8. The van der Waals surface area contributed by atoms with Crippen LogP contribution in [0.15, 0.2) is 42.5 Å². The molecule has 2 rings (SSSR count). The SMILES string of the molecule is CN(CC(=O)c1ccc(O)c(O)c1)Cc1ccc(F)cc1. The summed E-state index contributed by atoms with van der Waals surface area (Å²) in [6.45, 7) is 0.664. The highest BCUT2D eigenvalue weighted by Crippen LogP contribution is 2.25. The summed E-state index contributed by atoms with van der Waals surface area (Å²) >= 11 is 0. The Balaban J connectivity index is 1.98. The van der Waals surface area contributed by atoms with Crippen LogP contribution < -0.4 is 0 Å². The fraction of sp³-hybridized carbons (Fsp3) is 0.188. The van der Waals surface area contributed by atoms with Crippen molar-refractivity contribution in [3.05, 3.63) is 59.4 Å². The highest BCUT2D eigenvalue weighted by atomic mass is 19.1. The Hall–Kier alpha value is -2.40. The molecule has 0 aliphatic rings. The number of benzene rings is 2. The van der Waals surface area contributed by atoms with Crippen molar-refractivity contribution in [3.63, 3.8) is 0 Å². The molecule has 0 aliphatic heterocycles. The molecule has 0 aliphatic carbocycles. The minimum Gasteiger partial charge on any atom is -0.504 e. The smallest absolute Gasteiger partial charge is 0.176 e. The molecule has 0 amide bonds. The molecule has 2 aromatic rings. The first-order valence-corrected chi connectivity index (χ1v) is 6.44. The molecule has 0 saturated heterocycles. The number of hydrogen-bond acceptors (Lipinski definition) is 4. The lowest BCUT2D eigenvalue weighted by molar-refractivity contribution is 0.0942. The molecule has 0 bridgehead atoms. The van der Waals surface area contributed by atoms with Crippen molar-refractivity contribution in [2.75, 3.05) is 13.6 Å². The van der Waals surface area contributed by atoms with Gasteiger partial charge in [0.25, 0.3) is 0 Å². The summed E-state index contributed by atoms with van der Waals surface area (Å²) in [6, 6.07) is 10.1. The maximum Gasteiger partial charge on any atom is 0.176 e. The summed E-state index contributed by atoms with van der Waals surface area (Å²) in [5.41, 5.74) is 1.23. The van der Waals surface area contributed by atoms with Crippen LogP contribution >= 0.6 is 0 Å². The molecule has 4 nitrogen and oxygen atoms in total. The average Bonchev–Trinajstić information content (AvgIpc) is 2.44. The van der Waals surface area contributed by atoms with E-state index in [4.69, 9.17) is 0 Å². The Bertz CT molecular complexity index is 640. The minimum atomic E-state index is -0.318. The van der Waals surface area contributed by atoms with Crippen LogP contribution in [0.3, 0.4) is 0 Å². The Kier molecular flexibility index (Phi) is 4.55. The molecular weight excluding hydrogens is 273 g/mol. The van der Waals surface area contributed by atoms with Crippen LogP contribution in [-0.2, 0) is 6.54 Å². The summed E-state index contributed by atoms with van der Waals surface area (Å²) < 4.78 is 12.8. The molecule has 0 unspecified atom stereocenters. The lowest BCUT2D eigenvalue weighted by Gasteiger charge is -2.16. The van der Waals surface area contributed by atoms with E-state index in [0.717, 1.165) is 5.56 Å². The second-order valence-corrected chi connectivity index (χ2v) is 4.93. The van der Waals surface area contributed by atoms with E-state index in [1.807, 2.05) is 0 Å². The molecule has 0 spiro atoms. The second kappa shape index (κ2) is 6.37. The molecule has 5 heteroatoms. The molecule has 0 saturated carbocycles. The third kappa shape index (κ3) is 4.03. The van der Waals surface area contributed by atoms with E-state index in [2.05, 4.69) is 0 Å². The zero-order valence-electron chi connectivity index (χ0n) is 11.6. The quantitative estimate of drug-likeness (QED) is 0.656. The molecule has 0 fully saturated rings. The molecule has 0 heterocycles. The summed E-state index contributed by atoms with van der Waals surface area (Å²) in [7, 11) is 1.78. The van der Waals surface area contributed by atoms with E-state index >= 15 is 0 Å². The van der Waals surface area contributed by atoms with Crippen molar-refractivity contribution in [2.45, 2.75) is 6.54 Å². The van der Waals surface area contributed by atoms with Crippen LogP contribution in [0.4, 0.5) is 4.39 Å². The van der Waals surface area contributed by atoms with Crippen LogP contribution in [0, 0.1) is 5.82 Å². The number of nitrogens with zero attached hydrogens (tertiary/aromatic N) is 1. The third-order valence-corrected chi connectivity index (χ3v) is 3.08. The number of rotatable bonds is 5. The Morgan fingerprint density at radius 3 is 2.38 bits per heavy atom. The number of ketones is 1. The van der Waals surface area contributed by atoms with E-state index in [9.17, 15) is 19.4 Å². The predicted octanol–water partition coefficient (Wildman–Crippen LogP) is 2.55. The Labute approximate surface area is 122 Å². The average molecular weight is 289 g/mol. The number of Topliss-reactive ketones (excluding diaryl/α,β-unsaturated/α-hetero) is 1. The first-order chi connectivity index (χ1) is 9.95. The molecular formula is C16H16FNO3. The van der Waals surface area contributed by atoms with Crippen LogP contribution in [0.25, 0.3) is 0 Å². The number of aromatic hydroxyl groups is 2. The number of likely N-dealkylation sites (N-methyl/N-ethyl adjacent to an activating group) is 1. The fourth-order valence-corrected chi connectivity index (χ4v) is 1.99. The van der Waals surface area contributed by atoms with Gasteiger partial charge in [0.05, 0.1) is 6.54 Å². The topological polar surface area (TPSA) is 60.8 Å². The van der Waals surface area contributed by atoms with Gasteiger partial charge in [-0.2, -0.15) is 0 Å². The number of phenols is 2. The fourth-order valence-electron chi connectivity index (χ4n) is 1.99. The standard InChI is InChI=1S/C16H16FNO3/c1-18(9-11-2-5-13(17)6-3-11)10-16(21)12-4-7-14(19)15(20)8-12/h2-8,19-20H,9-10H2,1H3. The van der Waals surface area contributed by atoms with Crippen molar-refractivity contribution in [1.29, 1.82) is 0 Å². The van der Waals surface area contributed by atoms with Crippen molar-refractivity contribution in [1.82, 2.24) is 4.90 Å². The van der Waals surface area contributed by atoms with Gasteiger partial charge in [-0.1, -0.05) is 12.1 Å². The maximum atomic E-state index is 12.8. The largest absolute Gasteiger partial charge is 0.504 e. The lowest BCUT2D eigenvalue weighted by Crippen LogP contribution is -2.25. The van der Waals surface area contributed by atoms with Crippen molar-refractivity contribution in [2.24, 2.45) is 0 Å². The Morgan fingerprint density at radius 2 is 1.76 bits per heavy atom. The van der Waals surface area contributed by atoms with Crippen LogP contribution in [0.1, 0.15) is 15.9 Å². The van der Waals surface area contributed by atoms with E-state index in [-0.39, 0.29) is 29.6 Å². The van der Waals surface area contributed by atoms with Gasteiger partial charge in [-0.15, -0.1) is 0 Å². The van der Waals surface area contributed by atoms with Gasteiger partial charge in [-0.3, -0.25) is 9.69 Å². The molecule has 0 atom stereocenters. The molecule has 2 N–H and O–H groups in total. The Morgan fingerprint density at radius 1 is 1.10 bits per heavy atom. The number of carbonyl (C=O) groups excluding carboxylic acids is 1. The highest BCUT2D eigenvalue weighted by molar-refractivity contribution is 5.98. The van der Waals surface area contributed by atoms with Gasteiger partial charge < -0.3 is 10.2 Å². The van der Waals surface area contributed by atoms with Crippen molar-refractivity contribution >= 4 is 5.78 Å². The first-order valence-electron chi connectivity index (χ1n) is 6.44. The van der Waals surface area contributed by atoms with Gasteiger partial charge in [-0.05, 0) is 42.9 Å². The lowest BCUT2D eigenvalue weighted by atomic mass is 10.1. The van der Waals surface area contributed by atoms with E-state index in [0.29, 0.717) is 12.1 Å². The third-order valence-electron chi connectivity index (χ3n) is 3.08. The zero-order chi connectivity index (χ0) is 15.4. The zero-order valence-corrected chi connectivity index (χ0v) is 11.6. The molecule has 21 heavy (non-hydrogen) atoms. The molecule has 110 valence electrons. The van der Waals surface area contributed by atoms with E-state index in [1.54, 1.807) is 24.1 Å². The first kappa shape index (κ1) is 15.0. The van der Waals surface area contributed by atoms with Gasteiger partial charge in [0.15, 0.2) is 17.3 Å². The number of phenolic OH excluding ortho intramolecular Hbond substituents is 2. The summed E-state index contributed by atoms with van der Waals surface area (Å²) in [5, 5.41) is 18.6. The minimum absolute atomic E-state index is 0.154. The molecule has 2 aromatic carbocycles. The van der Waals surface area contributed by atoms with Gasteiger partial charge >= 0.3 is 0 Å². The molecule has 0 aromatic heterocycles. The second-order valence-electron chi connectivity index (χ2n) is 4.93.